The van der Waals surface area contributed by atoms with Gasteiger partial charge in [-0.2, -0.15) is 0 Å². The van der Waals surface area contributed by atoms with E-state index in [0.29, 0.717) is 17.7 Å². The van der Waals surface area contributed by atoms with E-state index in [1.165, 1.54) is 19.3 Å². The second-order valence-electron chi connectivity index (χ2n) is 3.98. The lowest BCUT2D eigenvalue weighted by atomic mass is 9.98. The fourth-order valence-electron chi connectivity index (χ4n) is 1.86. The van der Waals surface area contributed by atoms with Gasteiger partial charge < -0.3 is 10.5 Å². The summed E-state index contributed by atoms with van der Waals surface area (Å²) in [6.45, 7) is 0. The SMILES string of the molecule is NC(=S)c1cnc(OC2CCCCC2)cn1. The Labute approximate surface area is 100 Å². The molecule has 5 heteroatoms. The smallest absolute Gasteiger partial charge is 0.232 e. The summed E-state index contributed by atoms with van der Waals surface area (Å²) in [5.41, 5.74) is 5.97. The monoisotopic (exact) mass is 237 g/mol. The van der Waals surface area contributed by atoms with E-state index >= 15 is 0 Å². The molecule has 1 aromatic rings. The van der Waals surface area contributed by atoms with Gasteiger partial charge in [-0.15, -0.1) is 0 Å². The molecule has 1 aliphatic rings. The van der Waals surface area contributed by atoms with Gasteiger partial charge in [-0.25, -0.2) is 9.97 Å². The first-order chi connectivity index (χ1) is 7.75. The fourth-order valence-corrected chi connectivity index (χ4v) is 1.96. The van der Waals surface area contributed by atoms with Gasteiger partial charge in [0.25, 0.3) is 0 Å². The van der Waals surface area contributed by atoms with Gasteiger partial charge in [0.15, 0.2) is 0 Å². The van der Waals surface area contributed by atoms with Crippen LogP contribution in [0.3, 0.4) is 0 Å². The highest BCUT2D eigenvalue weighted by Gasteiger charge is 2.15. The third-order valence-electron chi connectivity index (χ3n) is 2.72. The molecule has 0 radical (unpaired) electrons. The van der Waals surface area contributed by atoms with Gasteiger partial charge in [0, 0.05) is 0 Å². The van der Waals surface area contributed by atoms with E-state index in [1.807, 2.05) is 0 Å². The number of aromatic nitrogens is 2. The van der Waals surface area contributed by atoms with Crippen molar-refractivity contribution in [2.45, 2.75) is 38.2 Å². The van der Waals surface area contributed by atoms with Gasteiger partial charge in [-0.1, -0.05) is 18.6 Å². The van der Waals surface area contributed by atoms with Crippen LogP contribution in [-0.4, -0.2) is 21.1 Å². The summed E-state index contributed by atoms with van der Waals surface area (Å²) in [4.78, 5) is 8.49. The van der Waals surface area contributed by atoms with Gasteiger partial charge >= 0.3 is 0 Å². The Morgan fingerprint density at radius 3 is 2.56 bits per heavy atom. The summed E-state index contributed by atoms with van der Waals surface area (Å²) >= 11 is 4.80. The number of hydrogen-bond acceptors (Lipinski definition) is 4. The summed E-state index contributed by atoms with van der Waals surface area (Å²) in [5.74, 6) is 0.562. The first-order valence-electron chi connectivity index (χ1n) is 5.54. The average molecular weight is 237 g/mol. The molecule has 0 unspecified atom stereocenters. The first-order valence-corrected chi connectivity index (χ1v) is 5.95. The number of thiocarbonyl (C=S) groups is 1. The number of rotatable bonds is 3. The van der Waals surface area contributed by atoms with Gasteiger partial charge in [-0.3, -0.25) is 0 Å². The van der Waals surface area contributed by atoms with Crippen LogP contribution in [0, 0.1) is 0 Å². The van der Waals surface area contributed by atoms with Crippen LogP contribution in [0.25, 0.3) is 0 Å². The normalized spacial score (nSPS) is 17.0. The van der Waals surface area contributed by atoms with Crippen LogP contribution >= 0.6 is 12.2 Å². The van der Waals surface area contributed by atoms with Crippen LogP contribution in [0.4, 0.5) is 0 Å². The molecule has 0 amide bonds. The van der Waals surface area contributed by atoms with Crippen LogP contribution < -0.4 is 10.5 Å². The van der Waals surface area contributed by atoms with Gasteiger partial charge in [0.1, 0.15) is 16.8 Å². The Kier molecular flexibility index (Phi) is 3.66. The third kappa shape index (κ3) is 2.88. The molecule has 1 heterocycles. The molecular weight excluding hydrogens is 222 g/mol. The van der Waals surface area contributed by atoms with E-state index in [0.717, 1.165) is 12.8 Å². The highest BCUT2D eigenvalue weighted by molar-refractivity contribution is 7.80. The van der Waals surface area contributed by atoms with Gasteiger partial charge in [0.05, 0.1) is 12.4 Å². The van der Waals surface area contributed by atoms with Crippen LogP contribution in [0.5, 0.6) is 5.88 Å². The first kappa shape index (κ1) is 11.3. The zero-order valence-electron chi connectivity index (χ0n) is 9.06. The molecule has 4 nitrogen and oxygen atoms in total. The Bertz CT molecular complexity index is 360. The minimum Gasteiger partial charge on any atom is -0.473 e. The molecule has 16 heavy (non-hydrogen) atoms. The molecule has 1 fully saturated rings. The lowest BCUT2D eigenvalue weighted by Crippen LogP contribution is -2.20. The predicted molar refractivity (Wildman–Crippen MR) is 65.4 cm³/mol. The number of nitrogens with two attached hydrogens (primary N) is 1. The molecule has 0 aliphatic heterocycles. The number of hydrogen-bond donors (Lipinski definition) is 1. The van der Waals surface area contributed by atoms with Crippen LogP contribution in [-0.2, 0) is 0 Å². The predicted octanol–water partition coefficient (Wildman–Crippen LogP) is 1.82. The van der Waals surface area contributed by atoms with E-state index < -0.39 is 0 Å². The summed E-state index contributed by atoms with van der Waals surface area (Å²) in [5, 5.41) is 0. The molecule has 86 valence electrons. The van der Waals surface area contributed by atoms with E-state index in [-0.39, 0.29) is 4.99 Å². The van der Waals surface area contributed by atoms with Crippen molar-refractivity contribution >= 4 is 17.2 Å². The van der Waals surface area contributed by atoms with Gasteiger partial charge in [0.2, 0.25) is 5.88 Å². The standard InChI is InChI=1S/C11H15N3OS/c12-11(16)9-6-14-10(7-13-9)15-8-4-2-1-3-5-8/h6-8H,1-5H2,(H2,12,16). The topological polar surface area (TPSA) is 61.0 Å². The maximum absolute atomic E-state index is 5.73. The van der Waals surface area contributed by atoms with Crippen molar-refractivity contribution in [3.63, 3.8) is 0 Å². The lowest BCUT2D eigenvalue weighted by molar-refractivity contribution is 0.148. The van der Waals surface area contributed by atoms with E-state index in [9.17, 15) is 0 Å². The molecule has 0 saturated heterocycles. The van der Waals surface area contributed by atoms with Crippen LogP contribution in [0.1, 0.15) is 37.8 Å². The number of ether oxygens (including phenoxy) is 1. The molecular formula is C11H15N3OS. The van der Waals surface area contributed by atoms with Crippen molar-refractivity contribution in [2.24, 2.45) is 5.73 Å². The Morgan fingerprint density at radius 1 is 1.25 bits per heavy atom. The third-order valence-corrected chi connectivity index (χ3v) is 2.93. The highest BCUT2D eigenvalue weighted by atomic mass is 32.1. The molecule has 2 rings (SSSR count). The molecule has 1 aromatic heterocycles. The molecule has 1 saturated carbocycles. The molecule has 0 spiro atoms. The molecule has 1 aliphatic carbocycles. The number of nitrogens with zero attached hydrogens (tertiary/aromatic N) is 2. The quantitative estimate of drug-likeness (QED) is 0.813. The van der Waals surface area contributed by atoms with E-state index in [4.69, 9.17) is 22.7 Å². The minimum atomic E-state index is 0.261. The van der Waals surface area contributed by atoms with E-state index in [1.54, 1.807) is 12.4 Å². The van der Waals surface area contributed by atoms with Crippen molar-refractivity contribution < 1.29 is 4.74 Å². The Morgan fingerprint density at radius 2 is 2.00 bits per heavy atom. The molecule has 0 atom stereocenters. The summed E-state index contributed by atoms with van der Waals surface area (Å²) in [7, 11) is 0. The molecule has 0 aromatic carbocycles. The second-order valence-corrected chi connectivity index (χ2v) is 4.42. The minimum absolute atomic E-state index is 0.261. The Hall–Kier alpha value is -1.23. The van der Waals surface area contributed by atoms with Crippen molar-refractivity contribution in [3.05, 3.63) is 18.1 Å². The summed E-state index contributed by atoms with van der Waals surface area (Å²) in [6, 6.07) is 0. The van der Waals surface area contributed by atoms with Crippen LogP contribution in [0.15, 0.2) is 12.4 Å². The van der Waals surface area contributed by atoms with Crippen molar-refractivity contribution in [1.29, 1.82) is 0 Å². The molecule has 0 bridgehead atoms. The Balaban J connectivity index is 1.96. The van der Waals surface area contributed by atoms with Crippen molar-refractivity contribution in [3.8, 4) is 5.88 Å². The maximum Gasteiger partial charge on any atom is 0.232 e. The van der Waals surface area contributed by atoms with E-state index in [2.05, 4.69) is 9.97 Å². The zero-order valence-corrected chi connectivity index (χ0v) is 9.87. The van der Waals surface area contributed by atoms with Crippen LogP contribution in [0.2, 0.25) is 0 Å². The second kappa shape index (κ2) is 5.21. The largest absolute Gasteiger partial charge is 0.473 e. The summed E-state index contributed by atoms with van der Waals surface area (Å²) in [6.07, 6.45) is 9.44. The average Bonchev–Trinajstić information content (AvgIpc) is 2.31. The van der Waals surface area contributed by atoms with Gasteiger partial charge in [-0.05, 0) is 25.7 Å². The highest BCUT2D eigenvalue weighted by Crippen LogP contribution is 2.21. The zero-order chi connectivity index (χ0) is 11.4. The maximum atomic E-state index is 5.73. The fraction of sp³-hybridized carbons (Fsp3) is 0.545. The summed E-state index contributed by atoms with van der Waals surface area (Å²) < 4.78 is 5.73. The van der Waals surface area contributed by atoms with Crippen molar-refractivity contribution in [2.75, 3.05) is 0 Å². The lowest BCUT2D eigenvalue weighted by Gasteiger charge is -2.22. The molecule has 2 N–H and O–H groups in total. The van der Waals surface area contributed by atoms with Crippen molar-refractivity contribution in [1.82, 2.24) is 9.97 Å².